The summed E-state index contributed by atoms with van der Waals surface area (Å²) in [4.78, 5) is 25.7. The number of hydrogen-bond acceptors (Lipinski definition) is 9. The third-order valence-electron chi connectivity index (χ3n) is 4.84. The first-order valence-corrected chi connectivity index (χ1v) is 12.9. The van der Waals surface area contributed by atoms with E-state index < -0.39 is 16.1 Å². The van der Waals surface area contributed by atoms with Gasteiger partial charge in [-0.05, 0) is 51.0 Å². The maximum Gasteiger partial charge on any atom is 0.430 e. The number of rotatable bonds is 9. The number of methoxy groups -OCH3 is 1. The standard InChI is InChI=1S/C25H31N5O5S/c1-16(2)15-35-25(31)30(23-24(34-6)29-18(5)14-27-23)36(32,33)21-8-7-13-26-22(21)19-9-11-20(12-10-19)28-17(3)4/h7-14,16-17,28H,15H2,1-6H3. The van der Waals surface area contributed by atoms with Gasteiger partial charge in [0.15, 0.2) is 0 Å². The molecule has 0 aliphatic heterocycles. The van der Waals surface area contributed by atoms with Gasteiger partial charge in [-0.3, -0.25) is 4.98 Å². The number of benzene rings is 1. The minimum Gasteiger partial charge on any atom is -0.478 e. The number of pyridine rings is 1. The predicted molar refractivity (Wildman–Crippen MR) is 138 cm³/mol. The lowest BCUT2D eigenvalue weighted by molar-refractivity contribution is 0.143. The molecule has 1 N–H and O–H groups in total. The number of nitrogens with zero attached hydrogens (tertiary/aromatic N) is 4. The van der Waals surface area contributed by atoms with Crippen molar-refractivity contribution in [2.24, 2.45) is 5.92 Å². The summed E-state index contributed by atoms with van der Waals surface area (Å²) in [5, 5.41) is 3.29. The van der Waals surface area contributed by atoms with E-state index in [1.807, 2.05) is 39.8 Å². The molecule has 3 aromatic rings. The molecule has 10 nitrogen and oxygen atoms in total. The second-order valence-electron chi connectivity index (χ2n) is 8.81. The molecule has 36 heavy (non-hydrogen) atoms. The summed E-state index contributed by atoms with van der Waals surface area (Å²) in [5.74, 6) is -0.450. The van der Waals surface area contributed by atoms with Crippen molar-refractivity contribution in [3.05, 3.63) is 54.5 Å². The first-order chi connectivity index (χ1) is 17.0. The number of ether oxygens (including phenoxy) is 2. The largest absolute Gasteiger partial charge is 0.478 e. The summed E-state index contributed by atoms with van der Waals surface area (Å²) in [5.41, 5.74) is 2.10. The van der Waals surface area contributed by atoms with E-state index in [2.05, 4.69) is 20.3 Å². The van der Waals surface area contributed by atoms with Crippen LogP contribution in [-0.4, -0.2) is 49.2 Å². The van der Waals surface area contributed by atoms with Crippen LogP contribution in [0.3, 0.4) is 0 Å². The van der Waals surface area contributed by atoms with Gasteiger partial charge in [0.1, 0.15) is 4.90 Å². The van der Waals surface area contributed by atoms with Crippen molar-refractivity contribution in [3.8, 4) is 17.1 Å². The van der Waals surface area contributed by atoms with Gasteiger partial charge < -0.3 is 14.8 Å². The van der Waals surface area contributed by atoms with E-state index in [0.29, 0.717) is 15.6 Å². The van der Waals surface area contributed by atoms with Crippen molar-refractivity contribution in [2.45, 2.75) is 45.6 Å². The lowest BCUT2D eigenvalue weighted by Crippen LogP contribution is -2.39. The van der Waals surface area contributed by atoms with Crippen LogP contribution in [0.25, 0.3) is 11.3 Å². The molecule has 0 bridgehead atoms. The molecule has 192 valence electrons. The number of nitrogens with one attached hydrogen (secondary N) is 1. The van der Waals surface area contributed by atoms with Crippen LogP contribution in [0.4, 0.5) is 16.3 Å². The fourth-order valence-corrected chi connectivity index (χ4v) is 4.76. The Labute approximate surface area is 211 Å². The summed E-state index contributed by atoms with van der Waals surface area (Å²) >= 11 is 0. The van der Waals surface area contributed by atoms with Gasteiger partial charge in [0.25, 0.3) is 15.9 Å². The Morgan fingerprint density at radius 1 is 1.08 bits per heavy atom. The highest BCUT2D eigenvalue weighted by Gasteiger charge is 2.38. The molecular formula is C25H31N5O5S. The predicted octanol–water partition coefficient (Wildman–Crippen LogP) is 4.66. The zero-order valence-corrected chi connectivity index (χ0v) is 22.0. The summed E-state index contributed by atoms with van der Waals surface area (Å²) in [7, 11) is -3.24. The van der Waals surface area contributed by atoms with Gasteiger partial charge in [-0.25, -0.2) is 23.2 Å². The Balaban J connectivity index is 2.15. The Morgan fingerprint density at radius 2 is 1.78 bits per heavy atom. The molecule has 3 rings (SSSR count). The highest BCUT2D eigenvalue weighted by molar-refractivity contribution is 7.93. The van der Waals surface area contributed by atoms with E-state index in [9.17, 15) is 13.2 Å². The Morgan fingerprint density at radius 3 is 2.39 bits per heavy atom. The smallest absolute Gasteiger partial charge is 0.430 e. The SMILES string of the molecule is COc1nc(C)cnc1N(C(=O)OCC(C)C)S(=O)(=O)c1cccnc1-c1ccc(NC(C)C)cc1. The molecule has 2 aromatic heterocycles. The van der Waals surface area contributed by atoms with Crippen molar-refractivity contribution in [2.75, 3.05) is 23.3 Å². The first-order valence-electron chi connectivity index (χ1n) is 11.5. The van der Waals surface area contributed by atoms with E-state index in [0.717, 1.165) is 5.69 Å². The Bertz CT molecular complexity index is 1310. The van der Waals surface area contributed by atoms with Crippen LogP contribution in [0.2, 0.25) is 0 Å². The number of carbonyl (C=O) groups is 1. The molecule has 0 aliphatic rings. The van der Waals surface area contributed by atoms with Crippen molar-refractivity contribution >= 4 is 27.6 Å². The fourth-order valence-electron chi connectivity index (χ4n) is 3.29. The lowest BCUT2D eigenvalue weighted by Gasteiger charge is -2.23. The van der Waals surface area contributed by atoms with E-state index in [4.69, 9.17) is 9.47 Å². The average Bonchev–Trinajstić information content (AvgIpc) is 2.83. The topological polar surface area (TPSA) is 124 Å². The first kappa shape index (κ1) is 26.9. The third-order valence-corrected chi connectivity index (χ3v) is 6.53. The quantitative estimate of drug-likeness (QED) is 0.435. The molecule has 1 amide bonds. The number of aromatic nitrogens is 3. The van der Waals surface area contributed by atoms with Crippen molar-refractivity contribution in [1.82, 2.24) is 15.0 Å². The van der Waals surface area contributed by atoms with Gasteiger partial charge in [-0.1, -0.05) is 26.0 Å². The second-order valence-corrected chi connectivity index (χ2v) is 10.6. The molecule has 0 fully saturated rings. The number of amides is 1. The molecule has 0 atom stereocenters. The van der Waals surface area contributed by atoms with Crippen LogP contribution in [0.1, 0.15) is 33.4 Å². The van der Waals surface area contributed by atoms with Crippen LogP contribution >= 0.6 is 0 Å². The summed E-state index contributed by atoms with van der Waals surface area (Å²) < 4.78 is 39.1. The van der Waals surface area contributed by atoms with Crippen molar-refractivity contribution in [3.63, 3.8) is 0 Å². The lowest BCUT2D eigenvalue weighted by atomic mass is 10.1. The van der Waals surface area contributed by atoms with Crippen LogP contribution in [0, 0.1) is 12.8 Å². The molecule has 0 saturated heterocycles. The van der Waals surface area contributed by atoms with Crippen molar-refractivity contribution in [1.29, 1.82) is 0 Å². The molecule has 0 aliphatic carbocycles. The Kier molecular flexibility index (Phi) is 8.46. The number of aryl methyl sites for hydroxylation is 1. The van der Waals surface area contributed by atoms with E-state index in [1.54, 1.807) is 19.1 Å². The zero-order valence-electron chi connectivity index (χ0n) is 21.2. The molecule has 0 saturated carbocycles. The monoisotopic (exact) mass is 513 g/mol. The average molecular weight is 514 g/mol. The van der Waals surface area contributed by atoms with Gasteiger partial charge in [-0.2, -0.15) is 0 Å². The molecule has 2 heterocycles. The number of hydrogen-bond donors (Lipinski definition) is 1. The molecule has 0 radical (unpaired) electrons. The third kappa shape index (κ3) is 6.09. The Hall–Kier alpha value is -3.73. The molecular weight excluding hydrogens is 482 g/mol. The van der Waals surface area contributed by atoms with Gasteiger partial charge >= 0.3 is 6.09 Å². The molecule has 0 unspecified atom stereocenters. The second kappa shape index (κ2) is 11.3. The van der Waals surface area contributed by atoms with Crippen molar-refractivity contribution < 1.29 is 22.7 Å². The van der Waals surface area contributed by atoms with Crippen LogP contribution in [0.15, 0.2) is 53.7 Å². The van der Waals surface area contributed by atoms with E-state index >= 15 is 0 Å². The summed E-state index contributed by atoms with van der Waals surface area (Å²) in [6.45, 7) is 9.41. The normalized spacial score (nSPS) is 11.4. The van der Waals surface area contributed by atoms with E-state index in [-0.39, 0.29) is 40.9 Å². The highest BCUT2D eigenvalue weighted by atomic mass is 32.2. The molecule has 0 spiro atoms. The van der Waals surface area contributed by atoms with E-state index in [1.165, 1.54) is 31.6 Å². The molecule has 11 heteroatoms. The van der Waals surface area contributed by atoms with Gasteiger partial charge in [0.2, 0.25) is 5.82 Å². The van der Waals surface area contributed by atoms with Gasteiger partial charge in [0, 0.05) is 23.5 Å². The summed E-state index contributed by atoms with van der Waals surface area (Å²) in [6, 6.07) is 10.3. The number of sulfonamides is 1. The maximum atomic E-state index is 14.0. The molecule has 1 aromatic carbocycles. The van der Waals surface area contributed by atoms with Gasteiger partial charge in [0.05, 0.1) is 31.3 Å². The highest BCUT2D eigenvalue weighted by Crippen LogP contribution is 2.34. The summed E-state index contributed by atoms with van der Waals surface area (Å²) in [6.07, 6.45) is 1.72. The fraction of sp³-hybridized carbons (Fsp3) is 0.360. The maximum absolute atomic E-state index is 14.0. The van der Waals surface area contributed by atoms with Gasteiger partial charge in [-0.15, -0.1) is 4.31 Å². The number of carbonyl (C=O) groups excluding carboxylic acids is 1. The zero-order chi connectivity index (χ0) is 26.5. The van der Waals surface area contributed by atoms with Crippen LogP contribution < -0.4 is 14.4 Å². The minimum absolute atomic E-state index is 0.0106. The van der Waals surface area contributed by atoms with Crippen LogP contribution in [-0.2, 0) is 14.8 Å². The number of anilines is 2. The van der Waals surface area contributed by atoms with Crippen LogP contribution in [0.5, 0.6) is 5.88 Å². The minimum atomic E-state index is -4.56.